The molecule has 0 saturated carbocycles. The van der Waals surface area contributed by atoms with Crippen LogP contribution in [0.15, 0.2) is 48.8 Å². The number of aromatic nitrogens is 1. The van der Waals surface area contributed by atoms with Gasteiger partial charge in [-0.3, -0.25) is 4.98 Å². The number of rotatable bonds is 3. The van der Waals surface area contributed by atoms with Crippen molar-refractivity contribution in [1.29, 1.82) is 0 Å². The molecule has 0 saturated heterocycles. The number of halogens is 3. The molecule has 0 amide bonds. The summed E-state index contributed by atoms with van der Waals surface area (Å²) in [4.78, 5) is 3.90. The quantitative estimate of drug-likeness (QED) is 0.897. The van der Waals surface area contributed by atoms with E-state index in [1.54, 1.807) is 18.5 Å². The highest BCUT2D eigenvalue weighted by atomic mass is 19.4. The summed E-state index contributed by atoms with van der Waals surface area (Å²) >= 11 is 0. The fraction of sp³-hybridized carbons (Fsp3) is 0.214. The highest BCUT2D eigenvalue weighted by molar-refractivity contribution is 5.48. The van der Waals surface area contributed by atoms with Gasteiger partial charge in [0.1, 0.15) is 0 Å². The third kappa shape index (κ3) is 3.47. The van der Waals surface area contributed by atoms with Gasteiger partial charge in [-0.15, -0.1) is 0 Å². The van der Waals surface area contributed by atoms with E-state index in [4.69, 9.17) is 0 Å². The van der Waals surface area contributed by atoms with E-state index in [9.17, 15) is 13.2 Å². The third-order valence-corrected chi connectivity index (χ3v) is 2.78. The van der Waals surface area contributed by atoms with Crippen molar-refractivity contribution in [1.82, 2.24) is 4.98 Å². The van der Waals surface area contributed by atoms with E-state index in [1.807, 2.05) is 19.1 Å². The zero-order valence-corrected chi connectivity index (χ0v) is 10.3. The standard InChI is InChI=1S/C14H13F3N2/c1-10(11-5-7-18-8-6-11)19-13-4-2-3-12(9-13)14(15,16)17/h2-10,19H,1H3. The van der Waals surface area contributed by atoms with Crippen molar-refractivity contribution < 1.29 is 13.2 Å². The van der Waals surface area contributed by atoms with Crippen molar-refractivity contribution >= 4 is 5.69 Å². The van der Waals surface area contributed by atoms with Gasteiger partial charge in [-0.05, 0) is 42.8 Å². The minimum atomic E-state index is -4.32. The largest absolute Gasteiger partial charge is 0.416 e. The first kappa shape index (κ1) is 13.4. The maximum absolute atomic E-state index is 12.6. The van der Waals surface area contributed by atoms with Crippen LogP contribution >= 0.6 is 0 Å². The van der Waals surface area contributed by atoms with Gasteiger partial charge in [0.25, 0.3) is 0 Å². The summed E-state index contributed by atoms with van der Waals surface area (Å²) in [5, 5.41) is 3.04. The summed E-state index contributed by atoms with van der Waals surface area (Å²) in [7, 11) is 0. The van der Waals surface area contributed by atoms with Crippen molar-refractivity contribution in [3.05, 3.63) is 59.9 Å². The second kappa shape index (κ2) is 5.30. The number of hydrogen-bond acceptors (Lipinski definition) is 2. The predicted octanol–water partition coefficient (Wildman–Crippen LogP) is 4.27. The van der Waals surface area contributed by atoms with E-state index in [-0.39, 0.29) is 6.04 Å². The fourth-order valence-electron chi connectivity index (χ4n) is 1.77. The van der Waals surface area contributed by atoms with Crippen LogP contribution in [0, 0.1) is 0 Å². The Balaban J connectivity index is 2.16. The highest BCUT2D eigenvalue weighted by Crippen LogP contribution is 2.31. The number of alkyl halides is 3. The Hall–Kier alpha value is -2.04. The van der Waals surface area contributed by atoms with Crippen molar-refractivity contribution in [3.8, 4) is 0 Å². The molecule has 0 spiro atoms. The SMILES string of the molecule is CC(Nc1cccc(C(F)(F)F)c1)c1ccncc1. The van der Waals surface area contributed by atoms with Gasteiger partial charge in [0, 0.05) is 24.1 Å². The topological polar surface area (TPSA) is 24.9 Å². The van der Waals surface area contributed by atoms with Crippen LogP contribution in [0.4, 0.5) is 18.9 Å². The molecule has 1 aromatic heterocycles. The number of benzene rings is 1. The number of pyridine rings is 1. The van der Waals surface area contributed by atoms with Crippen LogP contribution in [-0.4, -0.2) is 4.98 Å². The van der Waals surface area contributed by atoms with Crippen molar-refractivity contribution in [2.75, 3.05) is 5.32 Å². The molecule has 0 bridgehead atoms. The third-order valence-electron chi connectivity index (χ3n) is 2.78. The van der Waals surface area contributed by atoms with E-state index in [0.29, 0.717) is 5.69 Å². The molecule has 0 radical (unpaired) electrons. The molecule has 2 rings (SSSR count). The Morgan fingerprint density at radius 2 is 1.79 bits per heavy atom. The Labute approximate surface area is 109 Å². The minimum absolute atomic E-state index is 0.0912. The van der Waals surface area contributed by atoms with Gasteiger partial charge in [-0.1, -0.05) is 6.07 Å². The lowest BCUT2D eigenvalue weighted by Crippen LogP contribution is -2.09. The lowest BCUT2D eigenvalue weighted by atomic mass is 10.1. The van der Waals surface area contributed by atoms with Gasteiger partial charge in [-0.2, -0.15) is 13.2 Å². The second-order valence-corrected chi connectivity index (χ2v) is 4.23. The van der Waals surface area contributed by atoms with Gasteiger partial charge in [0.05, 0.1) is 5.56 Å². The molecule has 1 atom stereocenters. The van der Waals surface area contributed by atoms with Crippen molar-refractivity contribution in [2.24, 2.45) is 0 Å². The van der Waals surface area contributed by atoms with Crippen LogP contribution < -0.4 is 5.32 Å². The van der Waals surface area contributed by atoms with Gasteiger partial charge in [-0.25, -0.2) is 0 Å². The van der Waals surface area contributed by atoms with Crippen molar-refractivity contribution in [3.63, 3.8) is 0 Å². The fourth-order valence-corrected chi connectivity index (χ4v) is 1.77. The number of anilines is 1. The van der Waals surface area contributed by atoms with E-state index < -0.39 is 11.7 Å². The zero-order chi connectivity index (χ0) is 13.9. The van der Waals surface area contributed by atoms with Gasteiger partial charge in [0.15, 0.2) is 0 Å². The van der Waals surface area contributed by atoms with E-state index >= 15 is 0 Å². The van der Waals surface area contributed by atoms with E-state index in [0.717, 1.165) is 17.7 Å². The summed E-state index contributed by atoms with van der Waals surface area (Å²) in [6, 6.07) is 8.74. The first-order valence-corrected chi connectivity index (χ1v) is 5.80. The van der Waals surface area contributed by atoms with Crippen LogP contribution in [0.25, 0.3) is 0 Å². The monoisotopic (exact) mass is 266 g/mol. The summed E-state index contributed by atoms with van der Waals surface area (Å²) in [6.45, 7) is 1.88. The Bertz CT molecular complexity index is 538. The molecule has 0 aliphatic carbocycles. The molecular weight excluding hydrogens is 253 g/mol. The second-order valence-electron chi connectivity index (χ2n) is 4.23. The molecule has 0 aliphatic rings. The molecule has 0 fully saturated rings. The van der Waals surface area contributed by atoms with Crippen LogP contribution in [0.2, 0.25) is 0 Å². The average molecular weight is 266 g/mol. The Morgan fingerprint density at radius 1 is 1.11 bits per heavy atom. The number of nitrogens with one attached hydrogen (secondary N) is 1. The van der Waals surface area contributed by atoms with Crippen molar-refractivity contribution in [2.45, 2.75) is 19.1 Å². The lowest BCUT2D eigenvalue weighted by Gasteiger charge is -2.16. The first-order valence-electron chi connectivity index (χ1n) is 5.80. The molecule has 5 heteroatoms. The first-order chi connectivity index (χ1) is 8.97. The average Bonchev–Trinajstić information content (AvgIpc) is 2.39. The number of hydrogen-bond donors (Lipinski definition) is 1. The lowest BCUT2D eigenvalue weighted by molar-refractivity contribution is -0.137. The number of nitrogens with zero attached hydrogens (tertiary/aromatic N) is 1. The zero-order valence-electron chi connectivity index (χ0n) is 10.3. The smallest absolute Gasteiger partial charge is 0.379 e. The predicted molar refractivity (Wildman–Crippen MR) is 67.7 cm³/mol. The van der Waals surface area contributed by atoms with E-state index in [1.165, 1.54) is 6.07 Å². The van der Waals surface area contributed by atoms with Crippen LogP contribution in [0.1, 0.15) is 24.1 Å². The summed E-state index contributed by atoms with van der Waals surface area (Å²) in [6.07, 6.45) is -1.02. The van der Waals surface area contributed by atoms with Crippen LogP contribution in [-0.2, 0) is 6.18 Å². The molecule has 1 heterocycles. The van der Waals surface area contributed by atoms with Gasteiger partial charge >= 0.3 is 6.18 Å². The molecule has 1 N–H and O–H groups in total. The molecule has 0 aliphatic heterocycles. The molecule has 1 aromatic carbocycles. The van der Waals surface area contributed by atoms with Gasteiger partial charge < -0.3 is 5.32 Å². The van der Waals surface area contributed by atoms with E-state index in [2.05, 4.69) is 10.3 Å². The summed E-state index contributed by atoms with van der Waals surface area (Å²) in [5.41, 5.74) is 0.756. The molecule has 2 nitrogen and oxygen atoms in total. The molecule has 100 valence electrons. The normalized spacial score (nSPS) is 13.1. The maximum atomic E-state index is 12.6. The van der Waals surface area contributed by atoms with Gasteiger partial charge in [0.2, 0.25) is 0 Å². The summed E-state index contributed by atoms with van der Waals surface area (Å²) in [5.74, 6) is 0. The molecular formula is C14H13F3N2. The molecule has 1 unspecified atom stereocenters. The van der Waals surface area contributed by atoms with Crippen LogP contribution in [0.3, 0.4) is 0 Å². The maximum Gasteiger partial charge on any atom is 0.416 e. The Morgan fingerprint density at radius 3 is 2.42 bits per heavy atom. The molecule has 19 heavy (non-hydrogen) atoms. The summed E-state index contributed by atoms with van der Waals surface area (Å²) < 4.78 is 37.8. The minimum Gasteiger partial charge on any atom is -0.379 e. The highest BCUT2D eigenvalue weighted by Gasteiger charge is 2.30. The molecule has 2 aromatic rings. The Kier molecular flexibility index (Phi) is 3.74. The van der Waals surface area contributed by atoms with Crippen LogP contribution in [0.5, 0.6) is 0 Å².